The third-order valence-electron chi connectivity index (χ3n) is 5.96. The van der Waals surface area contributed by atoms with Crippen molar-refractivity contribution >= 4 is 28.4 Å². The van der Waals surface area contributed by atoms with Crippen molar-refractivity contribution in [3.8, 4) is 11.5 Å². The number of benzene rings is 2. The number of rotatable bonds is 5. The molecule has 0 atom stereocenters. The highest BCUT2D eigenvalue weighted by molar-refractivity contribution is 5.88. The fraction of sp³-hybridized carbons (Fsp3) is 0.208. The zero-order valence-corrected chi connectivity index (χ0v) is 17.0. The second-order valence-electron chi connectivity index (χ2n) is 8.14. The summed E-state index contributed by atoms with van der Waals surface area (Å²) in [6.07, 6.45) is 2.81. The quantitative estimate of drug-likeness (QED) is 0.513. The highest BCUT2D eigenvalue weighted by Crippen LogP contribution is 2.34. The van der Waals surface area contributed by atoms with Gasteiger partial charge < -0.3 is 20.3 Å². The van der Waals surface area contributed by atoms with Gasteiger partial charge in [-0.25, -0.2) is 15.0 Å². The summed E-state index contributed by atoms with van der Waals surface area (Å²) in [6, 6.07) is 21.6. The summed E-state index contributed by atoms with van der Waals surface area (Å²) in [6.45, 7) is 3.12. The van der Waals surface area contributed by atoms with Crippen LogP contribution in [0.1, 0.15) is 6.42 Å². The SMILES string of the molecule is c1ccc(Oc2cccc(Nc3ncnc4ccc(N5CC6(CCN6)C5)nc34)c2)cc1. The van der Waals surface area contributed by atoms with Gasteiger partial charge in [0.25, 0.3) is 0 Å². The minimum Gasteiger partial charge on any atom is -0.457 e. The molecule has 4 aromatic rings. The third-order valence-corrected chi connectivity index (χ3v) is 5.96. The van der Waals surface area contributed by atoms with Gasteiger partial charge in [-0.15, -0.1) is 0 Å². The second-order valence-corrected chi connectivity index (χ2v) is 8.14. The maximum Gasteiger partial charge on any atom is 0.160 e. The van der Waals surface area contributed by atoms with Crippen LogP contribution in [0.15, 0.2) is 73.1 Å². The minimum absolute atomic E-state index is 0.310. The smallest absolute Gasteiger partial charge is 0.160 e. The molecule has 2 aromatic carbocycles. The summed E-state index contributed by atoms with van der Waals surface area (Å²) in [7, 11) is 0. The molecule has 6 rings (SSSR count). The van der Waals surface area contributed by atoms with Crippen LogP contribution in [0.5, 0.6) is 11.5 Å². The van der Waals surface area contributed by atoms with E-state index in [0.717, 1.165) is 53.7 Å². The summed E-state index contributed by atoms with van der Waals surface area (Å²) >= 11 is 0. The van der Waals surface area contributed by atoms with Crippen molar-refractivity contribution < 1.29 is 4.74 Å². The van der Waals surface area contributed by atoms with Gasteiger partial charge in [0, 0.05) is 24.8 Å². The number of nitrogens with zero attached hydrogens (tertiary/aromatic N) is 4. The lowest BCUT2D eigenvalue weighted by Gasteiger charge is -2.56. The second kappa shape index (κ2) is 7.21. The zero-order chi connectivity index (χ0) is 20.7. The average Bonchev–Trinajstić information content (AvgIpc) is 2.73. The van der Waals surface area contributed by atoms with Crippen LogP contribution in [0, 0.1) is 0 Å². The summed E-state index contributed by atoms with van der Waals surface area (Å²) in [5, 5.41) is 6.93. The van der Waals surface area contributed by atoms with E-state index < -0.39 is 0 Å². The molecule has 0 aliphatic carbocycles. The molecule has 0 amide bonds. The molecule has 0 saturated carbocycles. The Balaban J connectivity index is 1.26. The molecule has 31 heavy (non-hydrogen) atoms. The van der Waals surface area contributed by atoms with E-state index in [4.69, 9.17) is 9.72 Å². The lowest BCUT2D eigenvalue weighted by molar-refractivity contribution is 0.159. The standard InChI is InChI=1S/C24H22N6O/c1-2-6-18(7-3-1)31-19-8-4-5-17(13-19)28-23-22-20(25-16-26-23)9-10-21(29-22)30-14-24(15-30)11-12-27-24/h1-10,13,16,27H,11-12,14-15H2,(H,25,26,28). The Kier molecular flexibility index (Phi) is 4.21. The molecule has 0 unspecified atom stereocenters. The number of anilines is 3. The molecule has 0 bridgehead atoms. The van der Waals surface area contributed by atoms with Gasteiger partial charge in [0.1, 0.15) is 29.2 Å². The molecule has 7 heteroatoms. The Bertz CT molecular complexity index is 1230. The van der Waals surface area contributed by atoms with Crippen LogP contribution >= 0.6 is 0 Å². The first kappa shape index (κ1) is 18.1. The summed E-state index contributed by atoms with van der Waals surface area (Å²) < 4.78 is 5.95. The van der Waals surface area contributed by atoms with Gasteiger partial charge in [0.05, 0.1) is 11.1 Å². The molecule has 2 aromatic heterocycles. The first-order valence-corrected chi connectivity index (χ1v) is 10.5. The maximum atomic E-state index is 5.95. The number of nitrogens with one attached hydrogen (secondary N) is 2. The Morgan fingerprint density at radius 2 is 1.77 bits per heavy atom. The summed E-state index contributed by atoms with van der Waals surface area (Å²) in [5.74, 6) is 3.19. The van der Waals surface area contributed by atoms with Gasteiger partial charge in [-0.2, -0.15) is 0 Å². The van der Waals surface area contributed by atoms with Crippen LogP contribution < -0.4 is 20.3 Å². The molecular formula is C24H22N6O. The number of para-hydroxylation sites is 1. The van der Waals surface area contributed by atoms with Crippen molar-refractivity contribution in [1.29, 1.82) is 0 Å². The van der Waals surface area contributed by atoms with E-state index in [-0.39, 0.29) is 0 Å². The lowest BCUT2D eigenvalue weighted by Crippen LogP contribution is -2.76. The normalized spacial score (nSPS) is 16.6. The van der Waals surface area contributed by atoms with E-state index in [1.54, 1.807) is 6.33 Å². The molecule has 7 nitrogen and oxygen atoms in total. The maximum absolute atomic E-state index is 5.95. The number of fused-ring (bicyclic) bond motifs is 1. The van der Waals surface area contributed by atoms with E-state index >= 15 is 0 Å². The van der Waals surface area contributed by atoms with E-state index in [0.29, 0.717) is 11.4 Å². The summed E-state index contributed by atoms with van der Waals surface area (Å²) in [4.78, 5) is 16.0. The van der Waals surface area contributed by atoms with E-state index in [1.807, 2.05) is 66.7 Å². The number of hydrogen-bond donors (Lipinski definition) is 2. The predicted octanol–water partition coefficient (Wildman–Crippen LogP) is 4.11. The molecule has 1 spiro atoms. The van der Waals surface area contributed by atoms with Crippen molar-refractivity contribution in [1.82, 2.24) is 20.3 Å². The van der Waals surface area contributed by atoms with Crippen molar-refractivity contribution in [2.45, 2.75) is 12.0 Å². The van der Waals surface area contributed by atoms with Crippen LogP contribution in [0.2, 0.25) is 0 Å². The Morgan fingerprint density at radius 3 is 2.58 bits per heavy atom. The molecule has 2 N–H and O–H groups in total. The zero-order valence-electron chi connectivity index (χ0n) is 17.0. The van der Waals surface area contributed by atoms with E-state index in [9.17, 15) is 0 Å². The van der Waals surface area contributed by atoms with Gasteiger partial charge in [-0.05, 0) is 49.4 Å². The molecule has 2 aliphatic rings. The number of pyridine rings is 1. The highest BCUT2D eigenvalue weighted by Gasteiger charge is 2.47. The van der Waals surface area contributed by atoms with Crippen LogP contribution in [0.3, 0.4) is 0 Å². The topological polar surface area (TPSA) is 75.2 Å². The number of hydrogen-bond acceptors (Lipinski definition) is 7. The number of ether oxygens (including phenoxy) is 1. The van der Waals surface area contributed by atoms with Crippen molar-refractivity contribution in [2.75, 3.05) is 29.9 Å². The lowest BCUT2D eigenvalue weighted by atomic mass is 9.80. The Hall–Kier alpha value is -3.71. The molecule has 2 fully saturated rings. The van der Waals surface area contributed by atoms with E-state index in [2.05, 4.69) is 25.5 Å². The highest BCUT2D eigenvalue weighted by atomic mass is 16.5. The van der Waals surface area contributed by atoms with Gasteiger partial charge in [-0.1, -0.05) is 24.3 Å². The van der Waals surface area contributed by atoms with Gasteiger partial charge >= 0.3 is 0 Å². The Labute approximate surface area is 180 Å². The molecule has 0 radical (unpaired) electrons. The summed E-state index contributed by atoms with van der Waals surface area (Å²) in [5.41, 5.74) is 2.76. The fourth-order valence-electron chi connectivity index (χ4n) is 4.19. The number of aromatic nitrogens is 3. The molecular weight excluding hydrogens is 388 g/mol. The first-order chi connectivity index (χ1) is 15.3. The molecule has 154 valence electrons. The van der Waals surface area contributed by atoms with E-state index in [1.165, 1.54) is 6.42 Å². The monoisotopic (exact) mass is 410 g/mol. The Morgan fingerprint density at radius 1 is 0.935 bits per heavy atom. The minimum atomic E-state index is 0.310. The van der Waals surface area contributed by atoms with Gasteiger partial charge in [0.2, 0.25) is 0 Å². The van der Waals surface area contributed by atoms with Crippen LogP contribution in [-0.4, -0.2) is 40.1 Å². The predicted molar refractivity (Wildman–Crippen MR) is 121 cm³/mol. The van der Waals surface area contributed by atoms with Crippen molar-refractivity contribution in [3.05, 3.63) is 73.1 Å². The third kappa shape index (κ3) is 3.43. The molecule has 2 saturated heterocycles. The van der Waals surface area contributed by atoms with Crippen molar-refractivity contribution in [3.63, 3.8) is 0 Å². The van der Waals surface area contributed by atoms with Crippen LogP contribution in [0.4, 0.5) is 17.3 Å². The van der Waals surface area contributed by atoms with Gasteiger partial charge in [0.15, 0.2) is 5.82 Å². The van der Waals surface area contributed by atoms with Crippen LogP contribution in [-0.2, 0) is 0 Å². The van der Waals surface area contributed by atoms with Gasteiger partial charge in [-0.3, -0.25) is 0 Å². The fourth-order valence-corrected chi connectivity index (χ4v) is 4.19. The van der Waals surface area contributed by atoms with Crippen molar-refractivity contribution in [2.24, 2.45) is 0 Å². The molecule has 2 aliphatic heterocycles. The molecule has 4 heterocycles. The first-order valence-electron chi connectivity index (χ1n) is 10.5. The largest absolute Gasteiger partial charge is 0.457 e. The average molecular weight is 410 g/mol. The van der Waals surface area contributed by atoms with Crippen LogP contribution in [0.25, 0.3) is 11.0 Å².